The van der Waals surface area contributed by atoms with Crippen molar-refractivity contribution < 1.29 is 9.47 Å². The molecule has 0 radical (unpaired) electrons. The predicted molar refractivity (Wildman–Crippen MR) is 58.8 cm³/mol. The minimum atomic E-state index is 0.257. The maximum atomic E-state index is 5.41. The molecule has 1 fully saturated rings. The van der Waals surface area contributed by atoms with E-state index in [1.165, 1.54) is 0 Å². The molecule has 1 saturated heterocycles. The highest BCUT2D eigenvalue weighted by molar-refractivity contribution is 5.00. The first-order valence-electron chi connectivity index (χ1n) is 5.52. The molecular formula is C11H17N3O2. The highest BCUT2D eigenvalue weighted by Gasteiger charge is 2.13. The van der Waals surface area contributed by atoms with Gasteiger partial charge in [-0.2, -0.15) is 0 Å². The third-order valence-corrected chi connectivity index (χ3v) is 2.48. The van der Waals surface area contributed by atoms with Crippen molar-refractivity contribution in [3.8, 4) is 0 Å². The van der Waals surface area contributed by atoms with Crippen LogP contribution in [0, 0.1) is 6.92 Å². The van der Waals surface area contributed by atoms with Gasteiger partial charge in [-0.25, -0.2) is 0 Å². The Balaban J connectivity index is 1.69. The van der Waals surface area contributed by atoms with Gasteiger partial charge in [0.25, 0.3) is 0 Å². The normalized spacial score (nSPS) is 20.9. The van der Waals surface area contributed by atoms with Crippen molar-refractivity contribution in [1.29, 1.82) is 0 Å². The molecule has 1 aromatic rings. The minimum Gasteiger partial charge on any atom is -0.355 e. The summed E-state index contributed by atoms with van der Waals surface area (Å²) in [5.41, 5.74) is 1.90. The fourth-order valence-corrected chi connectivity index (χ4v) is 1.53. The summed E-state index contributed by atoms with van der Waals surface area (Å²) in [5, 5.41) is 3.31. The predicted octanol–water partition coefficient (Wildman–Crippen LogP) is 0.638. The maximum Gasteiger partial charge on any atom is 0.147 e. The van der Waals surface area contributed by atoms with E-state index in [1.807, 2.05) is 6.92 Å². The zero-order valence-electron chi connectivity index (χ0n) is 9.48. The first kappa shape index (κ1) is 11.4. The number of aromatic nitrogens is 2. The van der Waals surface area contributed by atoms with Gasteiger partial charge in [0.2, 0.25) is 0 Å². The average molecular weight is 223 g/mol. The monoisotopic (exact) mass is 223 g/mol. The summed E-state index contributed by atoms with van der Waals surface area (Å²) in [6.45, 7) is 4.69. The van der Waals surface area contributed by atoms with Crippen molar-refractivity contribution in [2.24, 2.45) is 0 Å². The molecule has 1 atom stereocenters. The highest BCUT2D eigenvalue weighted by atomic mass is 16.7. The molecule has 0 spiro atoms. The zero-order chi connectivity index (χ0) is 11.2. The Hall–Kier alpha value is -1.04. The van der Waals surface area contributed by atoms with Gasteiger partial charge in [0.1, 0.15) is 6.79 Å². The van der Waals surface area contributed by atoms with Crippen LogP contribution in [0.2, 0.25) is 0 Å². The molecule has 5 heteroatoms. The summed E-state index contributed by atoms with van der Waals surface area (Å²) in [6.07, 6.45) is 4.79. The Morgan fingerprint density at radius 3 is 3.06 bits per heavy atom. The molecule has 1 aliphatic heterocycles. The van der Waals surface area contributed by atoms with Gasteiger partial charge in [0.05, 0.1) is 24.1 Å². The van der Waals surface area contributed by atoms with Crippen LogP contribution in [0.3, 0.4) is 0 Å². The van der Waals surface area contributed by atoms with Crippen LogP contribution in [0.4, 0.5) is 0 Å². The van der Waals surface area contributed by atoms with Crippen molar-refractivity contribution in [2.45, 2.75) is 26.0 Å². The maximum absolute atomic E-state index is 5.41. The Kier molecular flexibility index (Phi) is 4.21. The van der Waals surface area contributed by atoms with Crippen molar-refractivity contribution in [3.05, 3.63) is 23.8 Å². The first-order chi connectivity index (χ1) is 7.84. The van der Waals surface area contributed by atoms with Crippen LogP contribution in [0.1, 0.15) is 17.8 Å². The van der Waals surface area contributed by atoms with E-state index in [-0.39, 0.29) is 6.10 Å². The molecule has 1 aromatic heterocycles. The number of ether oxygens (including phenoxy) is 2. The Morgan fingerprint density at radius 1 is 1.44 bits per heavy atom. The molecule has 0 bridgehead atoms. The largest absolute Gasteiger partial charge is 0.355 e. The summed E-state index contributed by atoms with van der Waals surface area (Å²) in [6, 6.07) is 0. The van der Waals surface area contributed by atoms with Gasteiger partial charge in [0, 0.05) is 25.5 Å². The SMILES string of the molecule is Cc1cnc(CNCC2CCOCO2)cn1. The second kappa shape index (κ2) is 5.89. The molecule has 2 heterocycles. The highest BCUT2D eigenvalue weighted by Crippen LogP contribution is 2.04. The molecule has 1 N–H and O–H groups in total. The van der Waals surface area contributed by atoms with E-state index in [1.54, 1.807) is 12.4 Å². The standard InChI is InChI=1S/C11H17N3O2/c1-9-4-14-10(6-13-9)5-12-7-11-2-3-15-8-16-11/h4,6,11-12H,2-3,5,7-8H2,1H3. The van der Waals surface area contributed by atoms with E-state index < -0.39 is 0 Å². The first-order valence-corrected chi connectivity index (χ1v) is 5.52. The molecule has 1 unspecified atom stereocenters. The van der Waals surface area contributed by atoms with Crippen LogP contribution >= 0.6 is 0 Å². The number of aryl methyl sites for hydroxylation is 1. The third kappa shape index (κ3) is 3.52. The molecule has 0 amide bonds. The summed E-state index contributed by atoms with van der Waals surface area (Å²) in [7, 11) is 0. The molecular weight excluding hydrogens is 206 g/mol. The smallest absolute Gasteiger partial charge is 0.147 e. The van der Waals surface area contributed by atoms with Gasteiger partial charge in [-0.15, -0.1) is 0 Å². The van der Waals surface area contributed by atoms with Crippen LogP contribution in [-0.4, -0.2) is 36.0 Å². The minimum absolute atomic E-state index is 0.257. The quantitative estimate of drug-likeness (QED) is 0.811. The lowest BCUT2D eigenvalue weighted by atomic mass is 10.2. The third-order valence-electron chi connectivity index (χ3n) is 2.48. The van der Waals surface area contributed by atoms with Gasteiger partial charge in [-0.05, 0) is 13.3 Å². The van der Waals surface area contributed by atoms with Crippen LogP contribution in [0.5, 0.6) is 0 Å². The van der Waals surface area contributed by atoms with Gasteiger partial charge in [-0.1, -0.05) is 0 Å². The fourth-order valence-electron chi connectivity index (χ4n) is 1.53. The van der Waals surface area contributed by atoms with Crippen molar-refractivity contribution in [2.75, 3.05) is 19.9 Å². The topological polar surface area (TPSA) is 56.3 Å². The van der Waals surface area contributed by atoms with Crippen LogP contribution in [0.15, 0.2) is 12.4 Å². The Bertz CT molecular complexity index is 310. The number of hydrogen-bond donors (Lipinski definition) is 1. The molecule has 0 saturated carbocycles. The molecule has 1 aliphatic rings. The lowest BCUT2D eigenvalue weighted by Gasteiger charge is -2.22. The van der Waals surface area contributed by atoms with Gasteiger partial charge >= 0.3 is 0 Å². The van der Waals surface area contributed by atoms with Crippen molar-refractivity contribution in [1.82, 2.24) is 15.3 Å². The number of hydrogen-bond acceptors (Lipinski definition) is 5. The van der Waals surface area contributed by atoms with Crippen LogP contribution in [0.25, 0.3) is 0 Å². The van der Waals surface area contributed by atoms with Crippen LogP contribution in [-0.2, 0) is 16.0 Å². The fraction of sp³-hybridized carbons (Fsp3) is 0.636. The van der Waals surface area contributed by atoms with Gasteiger partial charge in [0.15, 0.2) is 0 Å². The summed E-state index contributed by atoms with van der Waals surface area (Å²) in [4.78, 5) is 8.46. The Labute approximate surface area is 95.2 Å². The molecule has 2 rings (SSSR count). The number of rotatable bonds is 4. The number of nitrogens with one attached hydrogen (secondary N) is 1. The second-order valence-electron chi connectivity index (χ2n) is 3.88. The van der Waals surface area contributed by atoms with E-state index in [0.717, 1.165) is 37.5 Å². The molecule has 16 heavy (non-hydrogen) atoms. The number of nitrogens with zero attached hydrogens (tertiary/aromatic N) is 2. The van der Waals surface area contributed by atoms with E-state index >= 15 is 0 Å². The van der Waals surface area contributed by atoms with E-state index in [9.17, 15) is 0 Å². The lowest BCUT2D eigenvalue weighted by molar-refractivity contribution is -0.137. The summed E-state index contributed by atoms with van der Waals surface area (Å²) in [5.74, 6) is 0. The van der Waals surface area contributed by atoms with Gasteiger partial charge in [-0.3, -0.25) is 9.97 Å². The summed E-state index contributed by atoms with van der Waals surface area (Å²) >= 11 is 0. The van der Waals surface area contributed by atoms with Crippen molar-refractivity contribution in [3.63, 3.8) is 0 Å². The molecule has 88 valence electrons. The van der Waals surface area contributed by atoms with Gasteiger partial charge < -0.3 is 14.8 Å². The van der Waals surface area contributed by atoms with E-state index in [0.29, 0.717) is 6.79 Å². The average Bonchev–Trinajstić information content (AvgIpc) is 2.33. The molecule has 5 nitrogen and oxygen atoms in total. The van der Waals surface area contributed by atoms with Crippen molar-refractivity contribution >= 4 is 0 Å². The van der Waals surface area contributed by atoms with Crippen LogP contribution < -0.4 is 5.32 Å². The molecule has 0 aliphatic carbocycles. The zero-order valence-corrected chi connectivity index (χ0v) is 9.48. The second-order valence-corrected chi connectivity index (χ2v) is 3.88. The molecule has 0 aromatic carbocycles. The Morgan fingerprint density at radius 2 is 2.38 bits per heavy atom. The van der Waals surface area contributed by atoms with E-state index in [2.05, 4.69) is 15.3 Å². The lowest BCUT2D eigenvalue weighted by Crippen LogP contribution is -2.33. The van der Waals surface area contributed by atoms with E-state index in [4.69, 9.17) is 9.47 Å². The summed E-state index contributed by atoms with van der Waals surface area (Å²) < 4.78 is 10.5.